The van der Waals surface area contributed by atoms with E-state index in [4.69, 9.17) is 5.73 Å². The van der Waals surface area contributed by atoms with E-state index >= 15 is 0 Å². The van der Waals surface area contributed by atoms with Crippen LogP contribution in [-0.4, -0.2) is 27.1 Å². The molecule has 1 aliphatic rings. The maximum absolute atomic E-state index is 12.1. The lowest BCUT2D eigenvalue weighted by molar-refractivity contribution is -0.123. The Balaban J connectivity index is 2.04. The Kier molecular flexibility index (Phi) is 3.28. The third kappa shape index (κ3) is 2.54. The van der Waals surface area contributed by atoms with Crippen molar-refractivity contribution in [3.05, 3.63) is 12.2 Å². The van der Waals surface area contributed by atoms with Gasteiger partial charge in [0.2, 0.25) is 0 Å². The number of rotatable bonds is 6. The molecule has 1 aromatic rings. The van der Waals surface area contributed by atoms with Crippen LogP contribution in [0.25, 0.3) is 0 Å². The van der Waals surface area contributed by atoms with E-state index < -0.39 is 0 Å². The molecule has 1 heterocycles. The lowest BCUT2D eigenvalue weighted by Crippen LogP contribution is -2.28. The molecule has 2 rings (SSSR count). The maximum Gasteiger partial charge on any atom is 0.147 e. The van der Waals surface area contributed by atoms with Gasteiger partial charge in [0.1, 0.15) is 17.9 Å². The first-order valence-corrected chi connectivity index (χ1v) is 6.17. The van der Waals surface area contributed by atoms with Gasteiger partial charge in [0.25, 0.3) is 0 Å². The summed E-state index contributed by atoms with van der Waals surface area (Å²) in [4.78, 5) is 16.3. The zero-order valence-electron chi connectivity index (χ0n) is 10.5. The van der Waals surface area contributed by atoms with Gasteiger partial charge in [-0.05, 0) is 18.8 Å². The van der Waals surface area contributed by atoms with Crippen LogP contribution < -0.4 is 5.73 Å². The van der Waals surface area contributed by atoms with Gasteiger partial charge in [-0.25, -0.2) is 9.67 Å². The summed E-state index contributed by atoms with van der Waals surface area (Å²) in [5.74, 6) is 1.48. The topological polar surface area (TPSA) is 73.8 Å². The number of nitrogens with two attached hydrogens (primary N) is 1. The van der Waals surface area contributed by atoms with Gasteiger partial charge in [0, 0.05) is 18.5 Å². The largest absolute Gasteiger partial charge is 0.329 e. The van der Waals surface area contributed by atoms with Crippen molar-refractivity contribution in [3.8, 4) is 0 Å². The Hall–Kier alpha value is -1.23. The van der Waals surface area contributed by atoms with Crippen molar-refractivity contribution in [1.29, 1.82) is 0 Å². The number of carbonyl (C=O) groups is 1. The zero-order valence-corrected chi connectivity index (χ0v) is 10.5. The van der Waals surface area contributed by atoms with Crippen molar-refractivity contribution < 1.29 is 4.79 Å². The number of ketones is 1. The molecule has 0 aliphatic heterocycles. The highest BCUT2D eigenvalue weighted by Crippen LogP contribution is 2.45. The molecule has 17 heavy (non-hydrogen) atoms. The fourth-order valence-corrected chi connectivity index (χ4v) is 2.00. The molecular weight excluding hydrogens is 216 g/mol. The van der Waals surface area contributed by atoms with Crippen LogP contribution in [0.4, 0.5) is 0 Å². The summed E-state index contributed by atoms with van der Waals surface area (Å²) in [7, 11) is 0. The van der Waals surface area contributed by atoms with E-state index in [1.54, 1.807) is 0 Å². The maximum atomic E-state index is 12.1. The van der Waals surface area contributed by atoms with Crippen LogP contribution in [0, 0.1) is 11.3 Å². The lowest BCUT2D eigenvalue weighted by atomic mass is 9.98. The number of carbonyl (C=O) groups excluding carboxylic acids is 1. The summed E-state index contributed by atoms with van der Waals surface area (Å²) >= 11 is 0. The van der Waals surface area contributed by atoms with Gasteiger partial charge < -0.3 is 5.73 Å². The molecule has 0 unspecified atom stereocenters. The monoisotopic (exact) mass is 236 g/mol. The van der Waals surface area contributed by atoms with E-state index in [1.165, 1.54) is 6.33 Å². The summed E-state index contributed by atoms with van der Waals surface area (Å²) in [5, 5.41) is 4.16. The SMILES string of the molecule is CC(C)Cn1ncnc1CC(=O)C1(CN)CC1. The summed E-state index contributed by atoms with van der Waals surface area (Å²) in [6.45, 7) is 5.51. The molecule has 94 valence electrons. The van der Waals surface area contributed by atoms with E-state index in [0.29, 0.717) is 18.9 Å². The predicted molar refractivity (Wildman–Crippen MR) is 64.3 cm³/mol. The average Bonchev–Trinajstić information content (AvgIpc) is 2.98. The van der Waals surface area contributed by atoms with Gasteiger partial charge in [-0.2, -0.15) is 5.10 Å². The minimum Gasteiger partial charge on any atom is -0.329 e. The van der Waals surface area contributed by atoms with Crippen LogP contribution in [0.15, 0.2) is 6.33 Å². The molecule has 1 aliphatic carbocycles. The van der Waals surface area contributed by atoms with Crippen molar-refractivity contribution in [2.24, 2.45) is 17.1 Å². The molecule has 0 aromatic carbocycles. The normalized spacial score (nSPS) is 17.4. The van der Waals surface area contributed by atoms with Crippen LogP contribution in [0.1, 0.15) is 32.5 Å². The van der Waals surface area contributed by atoms with Gasteiger partial charge in [0.05, 0.1) is 6.42 Å². The van der Waals surface area contributed by atoms with Crippen LogP contribution in [0.2, 0.25) is 0 Å². The fraction of sp³-hybridized carbons (Fsp3) is 0.750. The van der Waals surface area contributed by atoms with E-state index in [9.17, 15) is 4.79 Å². The molecule has 0 spiro atoms. The van der Waals surface area contributed by atoms with E-state index in [1.807, 2.05) is 4.68 Å². The van der Waals surface area contributed by atoms with E-state index in [2.05, 4.69) is 23.9 Å². The summed E-state index contributed by atoms with van der Waals surface area (Å²) in [5.41, 5.74) is 5.41. The Morgan fingerprint density at radius 3 is 2.82 bits per heavy atom. The Morgan fingerprint density at radius 2 is 2.29 bits per heavy atom. The van der Waals surface area contributed by atoms with Crippen molar-refractivity contribution in [2.75, 3.05) is 6.54 Å². The fourth-order valence-electron chi connectivity index (χ4n) is 2.00. The summed E-state index contributed by atoms with van der Waals surface area (Å²) in [6, 6.07) is 0. The smallest absolute Gasteiger partial charge is 0.147 e. The molecule has 0 bridgehead atoms. The average molecular weight is 236 g/mol. The second kappa shape index (κ2) is 4.56. The Bertz CT molecular complexity index is 406. The van der Waals surface area contributed by atoms with Crippen LogP contribution in [-0.2, 0) is 17.8 Å². The first-order chi connectivity index (χ1) is 8.07. The Morgan fingerprint density at radius 1 is 1.59 bits per heavy atom. The highest BCUT2D eigenvalue weighted by molar-refractivity contribution is 5.88. The second-order valence-electron chi connectivity index (χ2n) is 5.34. The molecule has 1 aromatic heterocycles. The van der Waals surface area contributed by atoms with E-state index in [0.717, 1.165) is 25.2 Å². The minimum absolute atomic E-state index is 0.220. The Labute approximate surface area is 101 Å². The van der Waals surface area contributed by atoms with Crippen molar-refractivity contribution in [1.82, 2.24) is 14.8 Å². The number of hydrogen-bond donors (Lipinski definition) is 1. The first kappa shape index (κ1) is 12.2. The zero-order chi connectivity index (χ0) is 12.5. The third-order valence-electron chi connectivity index (χ3n) is 3.39. The number of aromatic nitrogens is 3. The number of hydrogen-bond acceptors (Lipinski definition) is 4. The number of nitrogens with zero attached hydrogens (tertiary/aromatic N) is 3. The molecule has 1 fully saturated rings. The van der Waals surface area contributed by atoms with Crippen molar-refractivity contribution in [2.45, 2.75) is 39.7 Å². The number of Topliss-reactive ketones (excluding diaryl/α,β-unsaturated/α-hetero) is 1. The molecule has 0 saturated heterocycles. The molecular formula is C12H20N4O. The van der Waals surface area contributed by atoms with Crippen molar-refractivity contribution in [3.63, 3.8) is 0 Å². The summed E-state index contributed by atoms with van der Waals surface area (Å²) < 4.78 is 1.83. The molecule has 5 nitrogen and oxygen atoms in total. The van der Waals surface area contributed by atoms with Gasteiger partial charge >= 0.3 is 0 Å². The first-order valence-electron chi connectivity index (χ1n) is 6.17. The molecule has 2 N–H and O–H groups in total. The van der Waals surface area contributed by atoms with E-state index in [-0.39, 0.29) is 11.2 Å². The predicted octanol–water partition coefficient (Wildman–Crippen LogP) is 0.785. The van der Waals surface area contributed by atoms with Gasteiger partial charge in [-0.1, -0.05) is 13.8 Å². The van der Waals surface area contributed by atoms with Crippen LogP contribution in [0.5, 0.6) is 0 Å². The van der Waals surface area contributed by atoms with Crippen molar-refractivity contribution >= 4 is 5.78 Å². The quantitative estimate of drug-likeness (QED) is 0.792. The molecule has 0 radical (unpaired) electrons. The second-order valence-corrected chi connectivity index (χ2v) is 5.34. The standard InChI is InChI=1S/C12H20N4O/c1-9(2)6-16-11(14-8-15-16)5-10(17)12(7-13)3-4-12/h8-9H,3-7,13H2,1-2H3. The molecule has 5 heteroatoms. The lowest BCUT2D eigenvalue weighted by Gasteiger charge is -2.12. The van der Waals surface area contributed by atoms with Crippen LogP contribution >= 0.6 is 0 Å². The van der Waals surface area contributed by atoms with Gasteiger partial charge in [-0.3, -0.25) is 4.79 Å². The molecule has 0 atom stereocenters. The highest BCUT2D eigenvalue weighted by Gasteiger charge is 2.48. The van der Waals surface area contributed by atoms with Gasteiger partial charge in [-0.15, -0.1) is 0 Å². The summed E-state index contributed by atoms with van der Waals surface area (Å²) in [6.07, 6.45) is 3.75. The highest BCUT2D eigenvalue weighted by atomic mass is 16.1. The van der Waals surface area contributed by atoms with Gasteiger partial charge in [0.15, 0.2) is 0 Å². The minimum atomic E-state index is -0.241. The molecule has 0 amide bonds. The van der Waals surface area contributed by atoms with Crippen LogP contribution in [0.3, 0.4) is 0 Å². The molecule has 1 saturated carbocycles. The third-order valence-corrected chi connectivity index (χ3v) is 3.39.